The fourth-order valence-electron chi connectivity index (χ4n) is 5.44. The number of fused-ring (bicyclic) bond motifs is 3. The van der Waals surface area contributed by atoms with Gasteiger partial charge in [-0.15, -0.1) is 0 Å². The lowest BCUT2D eigenvalue weighted by Gasteiger charge is -2.31. The first-order valence-corrected chi connectivity index (χ1v) is 10.3. The fraction of sp³-hybridized carbons (Fsp3) is 0.714. The zero-order chi connectivity index (χ0) is 19.2. The Morgan fingerprint density at radius 3 is 2.59 bits per heavy atom. The minimum Gasteiger partial charge on any atom is -0.382 e. The van der Waals surface area contributed by atoms with E-state index in [1.807, 2.05) is 18.0 Å². The molecular weight excluding hydrogens is 351 g/mol. The van der Waals surface area contributed by atoms with Crippen molar-refractivity contribution >= 4 is 11.4 Å². The van der Waals surface area contributed by atoms with Crippen molar-refractivity contribution in [1.29, 1.82) is 0 Å². The van der Waals surface area contributed by atoms with Gasteiger partial charge in [0.15, 0.2) is 0 Å². The Bertz CT molecular complexity index is 682. The molecule has 150 valence electrons. The van der Waals surface area contributed by atoms with Gasteiger partial charge in [-0.05, 0) is 56.3 Å². The van der Waals surface area contributed by atoms with Crippen LogP contribution in [0.3, 0.4) is 0 Å². The van der Waals surface area contributed by atoms with E-state index >= 15 is 0 Å². The van der Waals surface area contributed by atoms with Crippen molar-refractivity contribution in [3.05, 3.63) is 23.3 Å². The molecule has 2 fully saturated rings. The van der Waals surface area contributed by atoms with Gasteiger partial charge in [-0.25, -0.2) is 0 Å². The number of hydrogen-bond acceptors (Lipinski definition) is 3. The molecule has 0 aromatic heterocycles. The van der Waals surface area contributed by atoms with Crippen LogP contribution in [-0.4, -0.2) is 32.2 Å². The minimum atomic E-state index is -4.34. The van der Waals surface area contributed by atoms with E-state index in [1.165, 1.54) is 38.2 Å². The van der Waals surface area contributed by atoms with Gasteiger partial charge in [-0.3, -0.25) is 0 Å². The Morgan fingerprint density at radius 2 is 1.89 bits per heavy atom. The van der Waals surface area contributed by atoms with Crippen LogP contribution in [0.5, 0.6) is 0 Å². The number of rotatable bonds is 3. The molecule has 1 unspecified atom stereocenters. The topological polar surface area (TPSA) is 27.3 Å². The average Bonchev–Trinajstić information content (AvgIpc) is 2.94. The molecule has 6 heteroatoms. The molecule has 3 atom stereocenters. The van der Waals surface area contributed by atoms with E-state index < -0.39 is 11.7 Å². The van der Waals surface area contributed by atoms with Crippen LogP contribution in [0.1, 0.15) is 62.5 Å². The Kier molecular flexibility index (Phi) is 5.04. The third kappa shape index (κ3) is 3.53. The number of nitrogens with zero attached hydrogens (tertiary/aromatic N) is 1. The van der Waals surface area contributed by atoms with Crippen molar-refractivity contribution in [3.63, 3.8) is 0 Å². The molecule has 2 aliphatic heterocycles. The zero-order valence-corrected chi connectivity index (χ0v) is 16.2. The molecule has 0 bridgehead atoms. The third-order valence-electron chi connectivity index (χ3n) is 6.89. The van der Waals surface area contributed by atoms with Gasteiger partial charge in [0, 0.05) is 37.3 Å². The number of benzene rings is 1. The number of alkyl halides is 3. The average molecular weight is 381 g/mol. The van der Waals surface area contributed by atoms with Gasteiger partial charge in [0.1, 0.15) is 0 Å². The predicted octanol–water partition coefficient (Wildman–Crippen LogP) is 4.98. The molecule has 2 N–H and O–H groups in total. The summed E-state index contributed by atoms with van der Waals surface area (Å²) in [6.07, 6.45) is 2.62. The van der Waals surface area contributed by atoms with Gasteiger partial charge >= 0.3 is 6.18 Å². The Balaban J connectivity index is 1.68. The Morgan fingerprint density at radius 1 is 1.15 bits per heavy atom. The molecule has 1 saturated heterocycles. The molecule has 0 amide bonds. The van der Waals surface area contributed by atoms with E-state index in [9.17, 15) is 13.2 Å². The molecule has 0 radical (unpaired) electrons. The van der Waals surface area contributed by atoms with Crippen molar-refractivity contribution in [2.24, 2.45) is 5.92 Å². The molecule has 4 rings (SSSR count). The first-order valence-electron chi connectivity index (χ1n) is 10.3. The van der Waals surface area contributed by atoms with Crippen LogP contribution in [0.2, 0.25) is 0 Å². The van der Waals surface area contributed by atoms with Crippen molar-refractivity contribution in [1.82, 2.24) is 5.32 Å². The van der Waals surface area contributed by atoms with E-state index in [4.69, 9.17) is 0 Å². The van der Waals surface area contributed by atoms with Gasteiger partial charge in [0.05, 0.1) is 11.3 Å². The monoisotopic (exact) mass is 381 g/mol. The molecule has 1 aromatic rings. The first kappa shape index (κ1) is 18.9. The predicted molar refractivity (Wildman–Crippen MR) is 104 cm³/mol. The zero-order valence-electron chi connectivity index (χ0n) is 16.2. The molecule has 3 nitrogen and oxygen atoms in total. The fourth-order valence-corrected chi connectivity index (χ4v) is 5.44. The highest BCUT2D eigenvalue weighted by Crippen LogP contribution is 2.50. The molecule has 1 aromatic carbocycles. The van der Waals surface area contributed by atoms with E-state index in [0.717, 1.165) is 25.1 Å². The number of likely N-dealkylation sites (N-methyl/N-ethyl adjacent to an activating group) is 1. The number of piperidine rings is 1. The summed E-state index contributed by atoms with van der Waals surface area (Å²) in [6.45, 7) is 3.74. The third-order valence-corrected chi connectivity index (χ3v) is 6.89. The lowest BCUT2D eigenvalue weighted by Crippen LogP contribution is -2.42. The standard InChI is InChI=1S/C21H30F3N3/c1-13(14-6-4-3-5-7-14)26-15-10-16-17-12-25-9-8-19(17)27(2)20(16)18(11-15)21(22,23)24/h10-11,13-14,17,19,25-26H,3-9,12H2,1-2H3/t13?,17-,19-/m0/s1. The van der Waals surface area contributed by atoms with E-state index in [2.05, 4.69) is 17.6 Å². The van der Waals surface area contributed by atoms with E-state index in [0.29, 0.717) is 17.3 Å². The lowest BCUT2D eigenvalue weighted by atomic mass is 9.84. The van der Waals surface area contributed by atoms with Gasteiger partial charge < -0.3 is 15.5 Å². The molecular formula is C21H30F3N3. The second-order valence-corrected chi connectivity index (χ2v) is 8.57. The summed E-state index contributed by atoms with van der Waals surface area (Å²) in [4.78, 5) is 1.87. The quantitative estimate of drug-likeness (QED) is 0.773. The van der Waals surface area contributed by atoms with E-state index in [1.54, 1.807) is 0 Å². The summed E-state index contributed by atoms with van der Waals surface area (Å²) in [5.74, 6) is 0.680. The second kappa shape index (κ2) is 7.19. The summed E-state index contributed by atoms with van der Waals surface area (Å²) >= 11 is 0. The number of nitrogens with one attached hydrogen (secondary N) is 2. The smallest absolute Gasteiger partial charge is 0.382 e. The first-order chi connectivity index (χ1) is 12.9. The van der Waals surface area contributed by atoms with Crippen LogP contribution >= 0.6 is 0 Å². The number of hydrogen-bond donors (Lipinski definition) is 2. The highest BCUT2D eigenvalue weighted by atomic mass is 19.4. The van der Waals surface area contributed by atoms with Crippen molar-refractivity contribution < 1.29 is 13.2 Å². The van der Waals surface area contributed by atoms with Crippen LogP contribution in [-0.2, 0) is 6.18 Å². The van der Waals surface area contributed by atoms with Crippen LogP contribution in [0.15, 0.2) is 12.1 Å². The maximum Gasteiger partial charge on any atom is 0.418 e. The second-order valence-electron chi connectivity index (χ2n) is 8.57. The van der Waals surface area contributed by atoms with Crippen LogP contribution in [0, 0.1) is 5.92 Å². The van der Waals surface area contributed by atoms with E-state index in [-0.39, 0.29) is 18.0 Å². The minimum absolute atomic E-state index is 0.131. The van der Waals surface area contributed by atoms with Gasteiger partial charge in [0.2, 0.25) is 0 Å². The largest absolute Gasteiger partial charge is 0.418 e. The summed E-state index contributed by atoms with van der Waals surface area (Å²) < 4.78 is 41.7. The maximum absolute atomic E-state index is 13.9. The molecule has 2 heterocycles. The number of anilines is 2. The van der Waals surface area contributed by atoms with Crippen molar-refractivity contribution in [2.75, 3.05) is 30.4 Å². The molecule has 0 spiro atoms. The summed E-state index contributed by atoms with van der Waals surface area (Å²) in [6, 6.07) is 3.68. The Labute approximate surface area is 159 Å². The van der Waals surface area contributed by atoms with Gasteiger partial charge in [0.25, 0.3) is 0 Å². The molecule has 3 aliphatic rings. The van der Waals surface area contributed by atoms with Gasteiger partial charge in [-0.1, -0.05) is 19.3 Å². The number of halogens is 3. The molecule has 27 heavy (non-hydrogen) atoms. The highest BCUT2D eigenvalue weighted by molar-refractivity contribution is 5.72. The molecule has 1 aliphatic carbocycles. The van der Waals surface area contributed by atoms with Crippen LogP contribution in [0.4, 0.5) is 24.5 Å². The van der Waals surface area contributed by atoms with Crippen LogP contribution < -0.4 is 15.5 Å². The summed E-state index contributed by atoms with van der Waals surface area (Å²) in [5, 5.41) is 6.78. The van der Waals surface area contributed by atoms with Crippen LogP contribution in [0.25, 0.3) is 0 Å². The summed E-state index contributed by atoms with van der Waals surface area (Å²) in [7, 11) is 1.82. The van der Waals surface area contributed by atoms with Crippen molar-refractivity contribution in [2.45, 2.75) is 69.6 Å². The maximum atomic E-state index is 13.9. The van der Waals surface area contributed by atoms with Crippen molar-refractivity contribution in [3.8, 4) is 0 Å². The normalized spacial score (nSPS) is 27.2. The Hall–Kier alpha value is -1.43. The lowest BCUT2D eigenvalue weighted by molar-refractivity contribution is -0.137. The highest BCUT2D eigenvalue weighted by Gasteiger charge is 2.45. The molecule has 1 saturated carbocycles. The SMILES string of the molecule is CC(Nc1cc2c(c(C(F)(F)F)c1)N(C)[C@H]1CCNC[C@@H]21)C1CCCCC1. The van der Waals surface area contributed by atoms with Gasteiger partial charge in [-0.2, -0.15) is 13.2 Å². The summed E-state index contributed by atoms with van der Waals surface area (Å²) in [5.41, 5.74) is 1.37.